The van der Waals surface area contributed by atoms with Crippen molar-refractivity contribution in [2.45, 2.75) is 19.3 Å². The van der Waals surface area contributed by atoms with Crippen molar-refractivity contribution in [1.29, 1.82) is 0 Å². The van der Waals surface area contributed by atoms with Crippen molar-refractivity contribution < 1.29 is 9.36 Å². The van der Waals surface area contributed by atoms with Gasteiger partial charge in [0.1, 0.15) is 13.4 Å². The quantitative estimate of drug-likeness (QED) is 0.624. The van der Waals surface area contributed by atoms with Crippen LogP contribution in [0.4, 0.5) is 0 Å². The molecule has 3 rings (SSSR count). The van der Waals surface area contributed by atoms with E-state index in [0.717, 1.165) is 36.2 Å². The molecule has 0 aromatic heterocycles. The molecule has 2 atom stereocenters. The summed E-state index contributed by atoms with van der Waals surface area (Å²) in [7, 11) is -2.63. The van der Waals surface area contributed by atoms with E-state index in [2.05, 4.69) is 0 Å². The van der Waals surface area contributed by atoms with Crippen molar-refractivity contribution in [3.8, 4) is 0 Å². The second kappa shape index (κ2) is 6.62. The first-order chi connectivity index (χ1) is 10.7. The molecule has 114 valence electrons. The third-order valence-electron chi connectivity index (χ3n) is 4.64. The molecule has 1 aliphatic rings. The van der Waals surface area contributed by atoms with Gasteiger partial charge in [0.15, 0.2) is 0 Å². The monoisotopic (exact) mass is 312 g/mol. The molecule has 0 bridgehead atoms. The molecule has 0 amide bonds. The number of carbonyl (C=O) groups is 1. The number of hydrogen-bond donors (Lipinski definition) is 0. The smallest absolute Gasteiger partial charge is 0.143 e. The molecule has 0 spiro atoms. The van der Waals surface area contributed by atoms with E-state index in [9.17, 15) is 9.36 Å². The second-order valence-electron chi connectivity index (χ2n) is 6.17. The summed E-state index contributed by atoms with van der Waals surface area (Å²) in [5.41, 5.74) is 0. The van der Waals surface area contributed by atoms with Gasteiger partial charge in [-0.15, -0.1) is 0 Å². The van der Waals surface area contributed by atoms with Crippen LogP contribution in [0, 0.1) is 11.8 Å². The number of hydrogen-bond acceptors (Lipinski definition) is 2. The molecule has 2 aromatic rings. The third-order valence-corrected chi connectivity index (χ3v) is 7.93. The molecule has 0 radical (unpaired) electrons. The van der Waals surface area contributed by atoms with Gasteiger partial charge in [-0.05, 0) is 25.2 Å². The fraction of sp³-hybridized carbons (Fsp3) is 0.316. The van der Waals surface area contributed by atoms with Gasteiger partial charge in [-0.3, -0.25) is 0 Å². The average molecular weight is 312 g/mol. The zero-order chi connectivity index (χ0) is 15.4. The summed E-state index contributed by atoms with van der Waals surface area (Å²) in [6.07, 6.45) is 4.57. The van der Waals surface area contributed by atoms with E-state index in [1.54, 1.807) is 0 Å². The molecule has 22 heavy (non-hydrogen) atoms. The molecule has 0 N–H and O–H groups in total. The van der Waals surface area contributed by atoms with Crippen molar-refractivity contribution in [2.75, 3.05) is 6.16 Å². The Labute approximate surface area is 131 Å². The van der Waals surface area contributed by atoms with Crippen LogP contribution in [0.3, 0.4) is 0 Å². The average Bonchev–Trinajstić information content (AvgIpc) is 3.04. The Morgan fingerprint density at radius 3 is 1.91 bits per heavy atom. The SMILES string of the molecule is O=C[C@H]1CC[C@H](CP(=O)(c2ccccc2)c2ccccc2)C1. The van der Waals surface area contributed by atoms with E-state index in [4.69, 9.17) is 0 Å². The summed E-state index contributed by atoms with van der Waals surface area (Å²) in [6.45, 7) is 0. The minimum absolute atomic E-state index is 0.157. The van der Waals surface area contributed by atoms with Gasteiger partial charge in [0.05, 0.1) is 0 Å². The van der Waals surface area contributed by atoms with Crippen LogP contribution in [0.15, 0.2) is 60.7 Å². The highest BCUT2D eigenvalue weighted by molar-refractivity contribution is 7.78. The lowest BCUT2D eigenvalue weighted by Crippen LogP contribution is -2.21. The van der Waals surface area contributed by atoms with E-state index in [-0.39, 0.29) is 5.92 Å². The highest BCUT2D eigenvalue weighted by Gasteiger charge is 2.34. The molecule has 1 fully saturated rings. The van der Waals surface area contributed by atoms with Gasteiger partial charge in [0, 0.05) is 22.7 Å². The fourth-order valence-electron chi connectivity index (χ4n) is 3.46. The zero-order valence-electron chi connectivity index (χ0n) is 12.6. The highest BCUT2D eigenvalue weighted by Crippen LogP contribution is 2.48. The van der Waals surface area contributed by atoms with Gasteiger partial charge in [0.2, 0.25) is 0 Å². The van der Waals surface area contributed by atoms with Crippen LogP contribution < -0.4 is 10.6 Å². The number of benzene rings is 2. The predicted molar refractivity (Wildman–Crippen MR) is 91.5 cm³/mol. The topological polar surface area (TPSA) is 34.1 Å². The van der Waals surface area contributed by atoms with E-state index >= 15 is 0 Å². The molecule has 2 aromatic carbocycles. The predicted octanol–water partition coefficient (Wildman–Crippen LogP) is 3.62. The van der Waals surface area contributed by atoms with Crippen LogP contribution in [-0.4, -0.2) is 12.4 Å². The Balaban J connectivity index is 1.94. The minimum Gasteiger partial charge on any atom is -0.314 e. The molecular weight excluding hydrogens is 291 g/mol. The van der Waals surface area contributed by atoms with E-state index in [0.29, 0.717) is 12.1 Å². The lowest BCUT2D eigenvalue weighted by atomic mass is 10.1. The van der Waals surface area contributed by atoms with Crippen LogP contribution in [0.5, 0.6) is 0 Å². The Morgan fingerprint density at radius 1 is 0.909 bits per heavy atom. The minimum atomic E-state index is -2.63. The fourth-order valence-corrected chi connectivity index (χ4v) is 6.55. The summed E-state index contributed by atoms with van der Waals surface area (Å²) in [5.74, 6) is 0.534. The second-order valence-corrected chi connectivity index (χ2v) is 9.05. The van der Waals surface area contributed by atoms with Gasteiger partial charge in [-0.1, -0.05) is 60.7 Å². The Bertz CT molecular complexity index is 623. The zero-order valence-corrected chi connectivity index (χ0v) is 13.5. The largest absolute Gasteiger partial charge is 0.314 e. The third kappa shape index (κ3) is 3.08. The maximum Gasteiger partial charge on any atom is 0.143 e. The van der Waals surface area contributed by atoms with Crippen molar-refractivity contribution >= 4 is 24.0 Å². The molecule has 0 unspecified atom stereocenters. The van der Waals surface area contributed by atoms with Gasteiger partial charge < -0.3 is 9.36 Å². The van der Waals surface area contributed by atoms with Crippen LogP contribution in [0.2, 0.25) is 0 Å². The van der Waals surface area contributed by atoms with Gasteiger partial charge in [-0.25, -0.2) is 0 Å². The summed E-state index contributed by atoms with van der Waals surface area (Å²) < 4.78 is 13.9. The lowest BCUT2D eigenvalue weighted by Gasteiger charge is -2.22. The Kier molecular flexibility index (Phi) is 4.59. The van der Waals surface area contributed by atoms with E-state index < -0.39 is 7.14 Å². The van der Waals surface area contributed by atoms with Gasteiger partial charge in [0.25, 0.3) is 0 Å². The molecule has 1 aliphatic carbocycles. The molecule has 2 nitrogen and oxygen atoms in total. The van der Waals surface area contributed by atoms with Crippen LogP contribution in [-0.2, 0) is 9.36 Å². The summed E-state index contributed by atoms with van der Waals surface area (Å²) in [4.78, 5) is 11.0. The molecule has 0 saturated heterocycles. The van der Waals surface area contributed by atoms with Gasteiger partial charge in [-0.2, -0.15) is 0 Å². The maximum absolute atomic E-state index is 13.9. The van der Waals surface area contributed by atoms with Crippen molar-refractivity contribution in [1.82, 2.24) is 0 Å². The summed E-state index contributed by atoms with van der Waals surface area (Å²) >= 11 is 0. The molecule has 0 aliphatic heterocycles. The number of aldehydes is 1. The normalized spacial score (nSPS) is 21.6. The van der Waals surface area contributed by atoms with E-state index in [1.165, 1.54) is 0 Å². The van der Waals surface area contributed by atoms with Crippen LogP contribution >= 0.6 is 7.14 Å². The Hall–Kier alpha value is -1.66. The first kappa shape index (κ1) is 15.2. The lowest BCUT2D eigenvalue weighted by molar-refractivity contribution is -0.110. The maximum atomic E-state index is 13.9. The molecular formula is C19H21O2P. The highest BCUT2D eigenvalue weighted by atomic mass is 31.2. The van der Waals surface area contributed by atoms with Crippen molar-refractivity contribution in [3.63, 3.8) is 0 Å². The molecule has 1 saturated carbocycles. The van der Waals surface area contributed by atoms with Gasteiger partial charge >= 0.3 is 0 Å². The van der Waals surface area contributed by atoms with Crippen molar-refractivity contribution in [3.05, 3.63) is 60.7 Å². The first-order valence-corrected chi connectivity index (χ1v) is 9.77. The number of rotatable bonds is 5. The number of carbonyl (C=O) groups excluding carboxylic acids is 1. The Morgan fingerprint density at radius 2 is 1.45 bits per heavy atom. The molecule has 3 heteroatoms. The van der Waals surface area contributed by atoms with E-state index in [1.807, 2.05) is 60.7 Å². The van der Waals surface area contributed by atoms with Crippen LogP contribution in [0.1, 0.15) is 19.3 Å². The summed E-state index contributed by atoms with van der Waals surface area (Å²) in [5, 5.41) is 1.85. The summed E-state index contributed by atoms with van der Waals surface area (Å²) in [6, 6.07) is 19.6. The molecule has 0 heterocycles. The van der Waals surface area contributed by atoms with Crippen molar-refractivity contribution in [2.24, 2.45) is 11.8 Å². The standard InChI is InChI=1S/C19H21O2P/c20-14-16-11-12-17(13-16)15-22(21,18-7-3-1-4-8-18)19-9-5-2-6-10-19/h1-10,14,16-17H,11-13,15H2/t16-,17-/m0/s1. The first-order valence-electron chi connectivity index (χ1n) is 7.88. The van der Waals surface area contributed by atoms with Crippen LogP contribution in [0.25, 0.3) is 0 Å².